The molecule has 22 heavy (non-hydrogen) atoms. The third-order valence-corrected chi connectivity index (χ3v) is 4.22. The number of rotatable bonds is 3. The van der Waals surface area contributed by atoms with E-state index in [0.29, 0.717) is 6.54 Å². The van der Waals surface area contributed by atoms with E-state index in [1.54, 1.807) is 6.33 Å². The summed E-state index contributed by atoms with van der Waals surface area (Å²) in [5.41, 5.74) is 8.18. The Morgan fingerprint density at radius 1 is 1.36 bits per heavy atom. The average molecular weight is 299 g/mol. The van der Waals surface area contributed by atoms with Crippen molar-refractivity contribution in [3.8, 4) is 0 Å². The van der Waals surface area contributed by atoms with E-state index in [1.807, 2.05) is 40.8 Å². The number of carbonyl (C=O) groups is 1. The summed E-state index contributed by atoms with van der Waals surface area (Å²) in [5.74, 6) is -0.0198. The predicted octanol–water partition coefficient (Wildman–Crippen LogP) is 1.45. The predicted molar refractivity (Wildman–Crippen MR) is 83.0 cm³/mol. The zero-order valence-electron chi connectivity index (χ0n) is 12.7. The van der Waals surface area contributed by atoms with Crippen LogP contribution in [0.5, 0.6) is 0 Å². The van der Waals surface area contributed by atoms with Gasteiger partial charge in [-0.05, 0) is 25.3 Å². The van der Waals surface area contributed by atoms with Gasteiger partial charge in [0.05, 0.1) is 6.04 Å². The van der Waals surface area contributed by atoms with Crippen LogP contribution in [0, 0.1) is 6.92 Å². The summed E-state index contributed by atoms with van der Waals surface area (Å²) >= 11 is 0. The van der Waals surface area contributed by atoms with E-state index >= 15 is 0 Å². The average Bonchev–Trinajstić information content (AvgIpc) is 3.09. The van der Waals surface area contributed by atoms with Crippen LogP contribution in [0.2, 0.25) is 0 Å². The molecule has 1 amide bonds. The largest absolute Gasteiger partial charge is 0.339 e. The lowest BCUT2D eigenvalue weighted by atomic mass is 10.0. The fourth-order valence-corrected chi connectivity index (χ4v) is 2.89. The van der Waals surface area contributed by atoms with Gasteiger partial charge in [-0.2, -0.15) is 5.10 Å². The molecule has 2 atom stereocenters. The number of benzene rings is 1. The number of nitrogens with two attached hydrogens (primary N) is 1. The summed E-state index contributed by atoms with van der Waals surface area (Å²) < 4.78 is 1.83. The van der Waals surface area contributed by atoms with E-state index in [4.69, 9.17) is 5.73 Å². The summed E-state index contributed by atoms with van der Waals surface area (Å²) in [6.07, 6.45) is 5.20. The second-order valence-electron chi connectivity index (χ2n) is 5.84. The number of aryl methyl sites for hydroxylation is 1. The first-order chi connectivity index (χ1) is 10.6. The van der Waals surface area contributed by atoms with Gasteiger partial charge in [-0.15, -0.1) is 0 Å². The molecule has 2 aromatic rings. The Hall–Kier alpha value is -2.21. The minimum atomic E-state index is -0.602. The smallest absolute Gasteiger partial charge is 0.244 e. The van der Waals surface area contributed by atoms with Crippen LogP contribution in [0.4, 0.5) is 0 Å². The van der Waals surface area contributed by atoms with Crippen molar-refractivity contribution in [1.29, 1.82) is 0 Å². The molecular weight excluding hydrogens is 278 g/mol. The molecule has 1 aromatic carbocycles. The highest BCUT2D eigenvalue weighted by atomic mass is 16.2. The van der Waals surface area contributed by atoms with Gasteiger partial charge in [0.15, 0.2) is 0 Å². The number of amides is 1. The van der Waals surface area contributed by atoms with Crippen molar-refractivity contribution in [2.75, 3.05) is 13.1 Å². The van der Waals surface area contributed by atoms with Gasteiger partial charge in [0.1, 0.15) is 18.7 Å². The summed E-state index contributed by atoms with van der Waals surface area (Å²) in [6, 6.07) is 7.40. The van der Waals surface area contributed by atoms with Crippen molar-refractivity contribution < 1.29 is 4.79 Å². The van der Waals surface area contributed by atoms with E-state index in [-0.39, 0.29) is 11.9 Å². The topological polar surface area (TPSA) is 77.0 Å². The standard InChI is InChI=1S/C16H21N5O/c1-12-4-6-13(7-5-12)15(17)16(22)20-8-2-3-14(9-20)21-11-18-10-19-21/h4-7,10-11,14-15H,2-3,8-9,17H2,1H3. The molecule has 1 aromatic heterocycles. The van der Waals surface area contributed by atoms with Crippen LogP contribution in [-0.2, 0) is 4.79 Å². The van der Waals surface area contributed by atoms with Crippen LogP contribution < -0.4 is 5.73 Å². The number of piperidine rings is 1. The van der Waals surface area contributed by atoms with Crippen molar-refractivity contribution in [2.24, 2.45) is 5.73 Å². The molecule has 0 spiro atoms. The molecule has 2 N–H and O–H groups in total. The van der Waals surface area contributed by atoms with Gasteiger partial charge in [0.25, 0.3) is 0 Å². The highest BCUT2D eigenvalue weighted by Gasteiger charge is 2.28. The maximum atomic E-state index is 12.7. The molecule has 0 saturated carbocycles. The lowest BCUT2D eigenvalue weighted by Crippen LogP contribution is -2.45. The highest BCUT2D eigenvalue weighted by molar-refractivity contribution is 5.83. The summed E-state index contributed by atoms with van der Waals surface area (Å²) in [6.45, 7) is 3.41. The van der Waals surface area contributed by atoms with Crippen LogP contribution in [0.25, 0.3) is 0 Å². The summed E-state index contributed by atoms with van der Waals surface area (Å²) in [4.78, 5) is 18.5. The summed E-state index contributed by atoms with van der Waals surface area (Å²) in [7, 11) is 0. The van der Waals surface area contributed by atoms with Gasteiger partial charge in [-0.1, -0.05) is 29.8 Å². The molecule has 1 saturated heterocycles. The van der Waals surface area contributed by atoms with Crippen LogP contribution in [-0.4, -0.2) is 38.7 Å². The zero-order chi connectivity index (χ0) is 15.5. The zero-order valence-corrected chi connectivity index (χ0v) is 12.7. The van der Waals surface area contributed by atoms with Crippen molar-refractivity contribution in [3.63, 3.8) is 0 Å². The fourth-order valence-electron chi connectivity index (χ4n) is 2.89. The Labute approximate surface area is 129 Å². The Bertz CT molecular complexity index is 622. The van der Waals surface area contributed by atoms with Crippen LogP contribution >= 0.6 is 0 Å². The minimum Gasteiger partial charge on any atom is -0.339 e. The van der Waals surface area contributed by atoms with Crippen molar-refractivity contribution in [3.05, 3.63) is 48.0 Å². The van der Waals surface area contributed by atoms with Gasteiger partial charge < -0.3 is 10.6 Å². The van der Waals surface area contributed by atoms with Gasteiger partial charge in [0, 0.05) is 13.1 Å². The molecule has 2 unspecified atom stereocenters. The molecule has 1 aliphatic rings. The number of aromatic nitrogens is 3. The first-order valence-corrected chi connectivity index (χ1v) is 7.60. The van der Waals surface area contributed by atoms with E-state index in [1.165, 1.54) is 6.33 Å². The molecular formula is C16H21N5O. The maximum Gasteiger partial charge on any atom is 0.244 e. The van der Waals surface area contributed by atoms with Gasteiger partial charge in [0.2, 0.25) is 5.91 Å². The monoisotopic (exact) mass is 299 g/mol. The SMILES string of the molecule is Cc1ccc(C(N)C(=O)N2CCCC(n3cncn3)C2)cc1. The Balaban J connectivity index is 1.70. The second-order valence-corrected chi connectivity index (χ2v) is 5.84. The molecule has 116 valence electrons. The van der Waals surface area contributed by atoms with E-state index in [0.717, 1.165) is 30.5 Å². The summed E-state index contributed by atoms with van der Waals surface area (Å²) in [5, 5.41) is 4.18. The molecule has 6 heteroatoms. The number of carbonyl (C=O) groups excluding carboxylic acids is 1. The minimum absolute atomic E-state index is 0.0198. The molecule has 3 rings (SSSR count). The second kappa shape index (κ2) is 6.27. The van der Waals surface area contributed by atoms with Gasteiger partial charge in [-0.3, -0.25) is 4.79 Å². The Kier molecular flexibility index (Phi) is 4.20. The lowest BCUT2D eigenvalue weighted by Gasteiger charge is -2.34. The molecule has 2 heterocycles. The molecule has 6 nitrogen and oxygen atoms in total. The van der Waals surface area contributed by atoms with E-state index < -0.39 is 6.04 Å². The number of likely N-dealkylation sites (tertiary alicyclic amines) is 1. The lowest BCUT2D eigenvalue weighted by molar-refractivity contribution is -0.134. The fraction of sp³-hybridized carbons (Fsp3) is 0.438. The first-order valence-electron chi connectivity index (χ1n) is 7.60. The van der Waals surface area contributed by atoms with E-state index in [2.05, 4.69) is 10.1 Å². The Morgan fingerprint density at radius 3 is 2.82 bits per heavy atom. The van der Waals surface area contributed by atoms with Crippen molar-refractivity contribution in [2.45, 2.75) is 31.8 Å². The van der Waals surface area contributed by atoms with Crippen LogP contribution in [0.15, 0.2) is 36.9 Å². The van der Waals surface area contributed by atoms with Crippen LogP contribution in [0.3, 0.4) is 0 Å². The van der Waals surface area contributed by atoms with Gasteiger partial charge in [-0.25, -0.2) is 9.67 Å². The molecule has 0 aliphatic carbocycles. The normalized spacial score (nSPS) is 19.9. The molecule has 0 bridgehead atoms. The van der Waals surface area contributed by atoms with Gasteiger partial charge >= 0.3 is 0 Å². The maximum absolute atomic E-state index is 12.7. The third kappa shape index (κ3) is 3.01. The highest BCUT2D eigenvalue weighted by Crippen LogP contribution is 2.23. The molecule has 0 radical (unpaired) electrons. The molecule has 1 aliphatic heterocycles. The Morgan fingerprint density at radius 2 is 2.14 bits per heavy atom. The van der Waals surface area contributed by atoms with Crippen LogP contribution in [0.1, 0.15) is 36.1 Å². The quantitative estimate of drug-likeness (QED) is 0.930. The number of hydrogen-bond acceptors (Lipinski definition) is 4. The third-order valence-electron chi connectivity index (χ3n) is 4.22. The number of hydrogen-bond donors (Lipinski definition) is 1. The van der Waals surface area contributed by atoms with Crippen molar-refractivity contribution >= 4 is 5.91 Å². The van der Waals surface area contributed by atoms with E-state index in [9.17, 15) is 4.79 Å². The number of nitrogens with zero attached hydrogens (tertiary/aromatic N) is 4. The van der Waals surface area contributed by atoms with Crippen molar-refractivity contribution in [1.82, 2.24) is 19.7 Å². The first kappa shape index (κ1) is 14.7. The molecule has 1 fully saturated rings.